The van der Waals surface area contributed by atoms with Crippen molar-refractivity contribution in [3.8, 4) is 5.75 Å². The molecule has 1 fully saturated rings. The first kappa shape index (κ1) is 16.4. The molecule has 2 heterocycles. The number of para-hydroxylation sites is 1. The molecule has 3 rings (SSSR count). The minimum absolute atomic E-state index is 0.00242. The van der Waals surface area contributed by atoms with Crippen LogP contribution in [0.4, 0.5) is 0 Å². The molecule has 1 aromatic carbocycles. The van der Waals surface area contributed by atoms with E-state index in [0.29, 0.717) is 31.2 Å². The molecule has 2 aromatic rings. The second-order valence-corrected chi connectivity index (χ2v) is 5.75. The molecule has 128 valence electrons. The summed E-state index contributed by atoms with van der Waals surface area (Å²) in [5.74, 6) is 1.95. The van der Waals surface area contributed by atoms with Crippen LogP contribution in [0.1, 0.15) is 37.3 Å². The molecule has 0 bridgehead atoms. The molecule has 1 atom stereocenters. The van der Waals surface area contributed by atoms with Crippen molar-refractivity contribution in [2.24, 2.45) is 0 Å². The summed E-state index contributed by atoms with van der Waals surface area (Å²) < 4.78 is 11.1. The van der Waals surface area contributed by atoms with Gasteiger partial charge in [-0.1, -0.05) is 18.2 Å². The lowest BCUT2D eigenvalue weighted by Gasteiger charge is -2.08. The fourth-order valence-corrected chi connectivity index (χ4v) is 2.58. The number of rotatable bonds is 8. The number of ether oxygens (including phenoxy) is 2. The lowest BCUT2D eigenvalue weighted by atomic mass is 10.1. The Morgan fingerprint density at radius 3 is 3.04 bits per heavy atom. The number of nitrogens with one attached hydrogen (secondary N) is 2. The summed E-state index contributed by atoms with van der Waals surface area (Å²) in [4.78, 5) is 16.1. The number of hydrogen-bond donors (Lipinski definition) is 2. The van der Waals surface area contributed by atoms with Gasteiger partial charge in [0.05, 0.1) is 12.6 Å². The van der Waals surface area contributed by atoms with Crippen LogP contribution in [0.2, 0.25) is 0 Å². The molecule has 0 radical (unpaired) electrons. The molecule has 1 amide bonds. The molecule has 7 heteroatoms. The van der Waals surface area contributed by atoms with Crippen LogP contribution in [-0.4, -0.2) is 33.8 Å². The van der Waals surface area contributed by atoms with Crippen LogP contribution >= 0.6 is 0 Å². The Balaban J connectivity index is 1.36. The van der Waals surface area contributed by atoms with E-state index in [-0.39, 0.29) is 12.0 Å². The largest absolute Gasteiger partial charge is 0.486 e. The van der Waals surface area contributed by atoms with Crippen molar-refractivity contribution in [3.63, 3.8) is 0 Å². The van der Waals surface area contributed by atoms with Gasteiger partial charge in [0, 0.05) is 13.0 Å². The van der Waals surface area contributed by atoms with Crippen LogP contribution in [0.5, 0.6) is 5.75 Å². The van der Waals surface area contributed by atoms with Gasteiger partial charge in [-0.15, -0.1) is 0 Å². The smallest absolute Gasteiger partial charge is 0.220 e. The Kier molecular flexibility index (Phi) is 5.79. The van der Waals surface area contributed by atoms with Gasteiger partial charge in [0.1, 0.15) is 12.4 Å². The van der Waals surface area contributed by atoms with E-state index in [1.807, 2.05) is 30.3 Å². The van der Waals surface area contributed by atoms with E-state index in [1.165, 1.54) is 0 Å². The Morgan fingerprint density at radius 2 is 2.25 bits per heavy atom. The predicted molar refractivity (Wildman–Crippen MR) is 87.2 cm³/mol. The summed E-state index contributed by atoms with van der Waals surface area (Å²) in [5, 5.41) is 9.73. The number of carbonyl (C=O) groups excluding carboxylic acids is 1. The normalized spacial score (nSPS) is 16.9. The number of benzene rings is 1. The van der Waals surface area contributed by atoms with E-state index >= 15 is 0 Å². The van der Waals surface area contributed by atoms with Crippen LogP contribution in [0.25, 0.3) is 0 Å². The summed E-state index contributed by atoms with van der Waals surface area (Å²) in [6.45, 7) is 1.44. The Labute approximate surface area is 140 Å². The standard InChI is InChI=1S/C17H22N4O3/c22-17(9-8-14-7-4-10-23-14)18-11-15-19-16(21-20-15)12-24-13-5-2-1-3-6-13/h1-3,5-6,14H,4,7-12H2,(H,18,22)(H,19,20,21)/t14-/m0/s1. The Morgan fingerprint density at radius 1 is 1.38 bits per heavy atom. The van der Waals surface area contributed by atoms with Gasteiger partial charge in [-0.05, 0) is 31.4 Å². The van der Waals surface area contributed by atoms with Gasteiger partial charge in [-0.25, -0.2) is 4.98 Å². The van der Waals surface area contributed by atoms with Crippen molar-refractivity contribution in [1.82, 2.24) is 20.5 Å². The number of H-pyrrole nitrogens is 1. The summed E-state index contributed by atoms with van der Waals surface area (Å²) >= 11 is 0. The molecule has 1 aromatic heterocycles. The zero-order chi connectivity index (χ0) is 16.6. The Bertz CT molecular complexity index is 638. The maximum atomic E-state index is 11.8. The molecule has 7 nitrogen and oxygen atoms in total. The summed E-state index contributed by atoms with van der Waals surface area (Å²) in [6.07, 6.45) is 3.63. The van der Waals surface area contributed by atoms with E-state index in [2.05, 4.69) is 20.5 Å². The molecule has 0 unspecified atom stereocenters. The summed E-state index contributed by atoms with van der Waals surface area (Å²) in [5.41, 5.74) is 0. The molecule has 1 aliphatic rings. The highest BCUT2D eigenvalue weighted by atomic mass is 16.5. The molecule has 0 aliphatic carbocycles. The molecular formula is C17H22N4O3. The molecule has 0 saturated carbocycles. The average molecular weight is 330 g/mol. The number of nitrogens with zero attached hydrogens (tertiary/aromatic N) is 2. The molecule has 2 N–H and O–H groups in total. The molecule has 0 spiro atoms. The maximum Gasteiger partial charge on any atom is 0.220 e. The van der Waals surface area contributed by atoms with E-state index in [1.54, 1.807) is 0 Å². The topological polar surface area (TPSA) is 89.1 Å². The molecular weight excluding hydrogens is 308 g/mol. The van der Waals surface area contributed by atoms with Crippen molar-refractivity contribution < 1.29 is 14.3 Å². The van der Waals surface area contributed by atoms with Gasteiger partial charge < -0.3 is 14.8 Å². The number of carbonyl (C=O) groups is 1. The highest BCUT2D eigenvalue weighted by Gasteiger charge is 2.16. The van der Waals surface area contributed by atoms with E-state index in [9.17, 15) is 4.79 Å². The van der Waals surface area contributed by atoms with E-state index in [0.717, 1.165) is 31.6 Å². The van der Waals surface area contributed by atoms with Crippen molar-refractivity contribution in [1.29, 1.82) is 0 Å². The monoisotopic (exact) mass is 330 g/mol. The fourth-order valence-electron chi connectivity index (χ4n) is 2.58. The van der Waals surface area contributed by atoms with Crippen LogP contribution in [0.3, 0.4) is 0 Å². The first-order valence-electron chi connectivity index (χ1n) is 8.26. The van der Waals surface area contributed by atoms with Crippen molar-refractivity contribution in [3.05, 3.63) is 42.0 Å². The van der Waals surface area contributed by atoms with E-state index in [4.69, 9.17) is 9.47 Å². The zero-order valence-corrected chi connectivity index (χ0v) is 13.5. The first-order chi connectivity index (χ1) is 11.8. The van der Waals surface area contributed by atoms with Crippen molar-refractivity contribution in [2.45, 2.75) is 44.9 Å². The lowest BCUT2D eigenvalue weighted by Crippen LogP contribution is -2.24. The fraction of sp³-hybridized carbons (Fsp3) is 0.471. The number of hydrogen-bond acceptors (Lipinski definition) is 5. The van der Waals surface area contributed by atoms with Gasteiger partial charge >= 0.3 is 0 Å². The third kappa shape index (κ3) is 5.06. The average Bonchev–Trinajstić information content (AvgIpc) is 3.29. The van der Waals surface area contributed by atoms with Crippen LogP contribution in [0, 0.1) is 0 Å². The number of amides is 1. The van der Waals surface area contributed by atoms with Gasteiger partial charge in [0.15, 0.2) is 11.6 Å². The highest BCUT2D eigenvalue weighted by molar-refractivity contribution is 5.75. The maximum absolute atomic E-state index is 11.8. The van der Waals surface area contributed by atoms with E-state index < -0.39 is 0 Å². The highest BCUT2D eigenvalue weighted by Crippen LogP contribution is 2.16. The van der Waals surface area contributed by atoms with Gasteiger partial charge in [0.2, 0.25) is 5.91 Å². The SMILES string of the molecule is O=C(CC[C@@H]1CCCO1)NCc1n[nH]c(COc2ccccc2)n1. The Hall–Kier alpha value is -2.41. The lowest BCUT2D eigenvalue weighted by molar-refractivity contribution is -0.121. The second kappa shape index (κ2) is 8.44. The number of aromatic amines is 1. The zero-order valence-electron chi connectivity index (χ0n) is 13.5. The molecule has 1 aliphatic heterocycles. The predicted octanol–water partition coefficient (Wildman–Crippen LogP) is 1.96. The van der Waals surface area contributed by atoms with Gasteiger partial charge in [-0.2, -0.15) is 5.10 Å². The summed E-state index contributed by atoms with van der Waals surface area (Å²) in [6, 6.07) is 9.51. The van der Waals surface area contributed by atoms with Crippen LogP contribution in [-0.2, 0) is 22.7 Å². The van der Waals surface area contributed by atoms with Gasteiger partial charge in [-0.3, -0.25) is 9.89 Å². The van der Waals surface area contributed by atoms with Crippen molar-refractivity contribution >= 4 is 5.91 Å². The third-order valence-corrected chi connectivity index (χ3v) is 3.86. The number of aromatic nitrogens is 3. The molecule has 24 heavy (non-hydrogen) atoms. The summed E-state index contributed by atoms with van der Waals surface area (Å²) in [7, 11) is 0. The third-order valence-electron chi connectivity index (χ3n) is 3.86. The quantitative estimate of drug-likeness (QED) is 0.772. The van der Waals surface area contributed by atoms with Crippen LogP contribution in [0.15, 0.2) is 30.3 Å². The molecule has 1 saturated heterocycles. The minimum atomic E-state index is -0.00242. The van der Waals surface area contributed by atoms with Gasteiger partial charge in [0.25, 0.3) is 0 Å². The van der Waals surface area contributed by atoms with Crippen LogP contribution < -0.4 is 10.1 Å². The minimum Gasteiger partial charge on any atom is -0.486 e. The first-order valence-corrected chi connectivity index (χ1v) is 8.26. The second-order valence-electron chi connectivity index (χ2n) is 5.75. The van der Waals surface area contributed by atoms with Crippen molar-refractivity contribution in [2.75, 3.05) is 6.61 Å².